The molecule has 0 N–H and O–H groups in total. The van der Waals surface area contributed by atoms with Crippen molar-refractivity contribution in [3.8, 4) is 11.5 Å². The molecule has 2 aliphatic rings. The summed E-state index contributed by atoms with van der Waals surface area (Å²) in [6.45, 7) is 0. The minimum atomic E-state index is -3.08. The van der Waals surface area contributed by atoms with Gasteiger partial charge in [-0.2, -0.15) is 0 Å². The summed E-state index contributed by atoms with van der Waals surface area (Å²) in [6, 6.07) is 15.2. The molecule has 0 bridgehead atoms. The van der Waals surface area contributed by atoms with Crippen LogP contribution in [0.25, 0.3) is 0 Å². The zero-order chi connectivity index (χ0) is 19.7. The van der Waals surface area contributed by atoms with Gasteiger partial charge >= 0.3 is 0 Å². The molecule has 148 valence electrons. The quantitative estimate of drug-likeness (QED) is 0.744. The molecule has 0 amide bonds. The van der Waals surface area contributed by atoms with Crippen LogP contribution in [0.3, 0.4) is 0 Å². The number of para-hydroxylation sites is 2. The van der Waals surface area contributed by atoms with Crippen LogP contribution in [0, 0.1) is 0 Å². The number of nitrogens with zero attached hydrogens (tertiary/aromatic N) is 2. The highest BCUT2D eigenvalue weighted by molar-refractivity contribution is 8.13. The molecular weight excluding hydrogens is 396 g/mol. The molecule has 0 unspecified atom stereocenters. The average molecular weight is 419 g/mol. The molecule has 6 nitrogen and oxygen atoms in total. The number of methoxy groups -OCH3 is 2. The minimum Gasteiger partial charge on any atom is -0.497 e. The summed E-state index contributed by atoms with van der Waals surface area (Å²) in [6.07, 6.45) is 0. The number of hydrogen-bond donors (Lipinski definition) is 0. The Morgan fingerprint density at radius 2 is 1.82 bits per heavy atom. The highest BCUT2D eigenvalue weighted by atomic mass is 32.2. The fraction of sp³-hybridized carbons (Fsp3) is 0.350. The van der Waals surface area contributed by atoms with Gasteiger partial charge in [0.25, 0.3) is 0 Å². The number of aliphatic imine (C=N–C) groups is 1. The number of sulfone groups is 1. The van der Waals surface area contributed by atoms with E-state index in [1.165, 1.54) is 0 Å². The smallest absolute Gasteiger partial charge is 0.164 e. The Bertz CT molecular complexity index is 990. The first-order chi connectivity index (χ1) is 13.5. The second-order valence-electron chi connectivity index (χ2n) is 6.80. The lowest BCUT2D eigenvalue weighted by molar-refractivity contribution is 0.414. The summed E-state index contributed by atoms with van der Waals surface area (Å²) in [7, 11) is 0.195. The molecule has 2 atom stereocenters. The number of rotatable bonds is 5. The van der Waals surface area contributed by atoms with E-state index in [-0.39, 0.29) is 23.6 Å². The van der Waals surface area contributed by atoms with Gasteiger partial charge in [0.05, 0.1) is 43.5 Å². The molecule has 28 heavy (non-hydrogen) atoms. The molecule has 0 aliphatic carbocycles. The lowest BCUT2D eigenvalue weighted by atomic mass is 10.1. The number of hydrogen-bond acceptors (Lipinski definition) is 7. The Morgan fingerprint density at radius 1 is 1.07 bits per heavy atom. The van der Waals surface area contributed by atoms with Crippen molar-refractivity contribution >= 4 is 32.5 Å². The molecule has 2 aliphatic heterocycles. The Balaban J connectivity index is 1.61. The van der Waals surface area contributed by atoms with Crippen LogP contribution in [0.2, 0.25) is 0 Å². The Labute approximate surface area is 169 Å². The third-order valence-electron chi connectivity index (χ3n) is 4.98. The maximum absolute atomic E-state index is 12.2. The molecule has 0 radical (unpaired) electrons. The third kappa shape index (κ3) is 3.71. The van der Waals surface area contributed by atoms with Crippen LogP contribution >= 0.6 is 11.8 Å². The van der Waals surface area contributed by atoms with Crippen molar-refractivity contribution in [2.75, 3.05) is 30.6 Å². The predicted octanol–water partition coefficient (Wildman–Crippen LogP) is 2.98. The van der Waals surface area contributed by atoms with Gasteiger partial charge in [-0.15, -0.1) is 0 Å². The van der Waals surface area contributed by atoms with Crippen molar-refractivity contribution in [3.63, 3.8) is 0 Å². The van der Waals surface area contributed by atoms with Crippen molar-refractivity contribution in [2.45, 2.75) is 17.8 Å². The van der Waals surface area contributed by atoms with Crippen molar-refractivity contribution in [3.05, 3.63) is 54.1 Å². The van der Waals surface area contributed by atoms with Gasteiger partial charge in [-0.1, -0.05) is 36.0 Å². The summed E-state index contributed by atoms with van der Waals surface area (Å²) in [5.74, 6) is 2.50. The van der Waals surface area contributed by atoms with E-state index in [9.17, 15) is 8.42 Å². The number of fused-ring (bicyclic) bond motifs is 1. The van der Waals surface area contributed by atoms with Crippen LogP contribution < -0.4 is 14.4 Å². The molecule has 0 aromatic heterocycles. The van der Waals surface area contributed by atoms with Crippen molar-refractivity contribution in [1.82, 2.24) is 0 Å². The molecule has 2 aromatic rings. The number of amidine groups is 1. The summed E-state index contributed by atoms with van der Waals surface area (Å²) in [4.78, 5) is 6.82. The highest BCUT2D eigenvalue weighted by Gasteiger charge is 2.47. The topological polar surface area (TPSA) is 68.2 Å². The van der Waals surface area contributed by atoms with Gasteiger partial charge in [-0.3, -0.25) is 4.99 Å². The monoisotopic (exact) mass is 418 g/mol. The van der Waals surface area contributed by atoms with Crippen LogP contribution in [0.15, 0.2) is 53.5 Å². The summed E-state index contributed by atoms with van der Waals surface area (Å²) in [5.41, 5.74) is 2.01. The van der Waals surface area contributed by atoms with E-state index in [2.05, 4.69) is 0 Å². The van der Waals surface area contributed by atoms with E-state index in [1.54, 1.807) is 26.0 Å². The third-order valence-corrected chi connectivity index (χ3v) is 7.72. The molecule has 0 saturated carbocycles. The fourth-order valence-corrected chi connectivity index (χ4v) is 6.53. The second-order valence-corrected chi connectivity index (χ2v) is 9.90. The van der Waals surface area contributed by atoms with Gasteiger partial charge in [0, 0.05) is 5.75 Å². The second kappa shape index (κ2) is 7.67. The number of anilines is 1. The number of ether oxygens (including phenoxy) is 2. The van der Waals surface area contributed by atoms with Crippen LogP contribution in [0.1, 0.15) is 5.56 Å². The zero-order valence-electron chi connectivity index (χ0n) is 15.7. The predicted molar refractivity (Wildman–Crippen MR) is 113 cm³/mol. The van der Waals surface area contributed by atoms with Gasteiger partial charge < -0.3 is 14.4 Å². The summed E-state index contributed by atoms with van der Waals surface area (Å²) in [5, 5.41) is 0.838. The van der Waals surface area contributed by atoms with Gasteiger partial charge in [-0.25, -0.2) is 8.42 Å². The van der Waals surface area contributed by atoms with E-state index >= 15 is 0 Å². The lowest BCUT2D eigenvalue weighted by Gasteiger charge is -2.27. The first-order valence-corrected chi connectivity index (χ1v) is 11.8. The maximum Gasteiger partial charge on any atom is 0.164 e. The van der Waals surface area contributed by atoms with E-state index in [0.717, 1.165) is 27.9 Å². The Hall–Kier alpha value is -2.19. The first-order valence-electron chi connectivity index (χ1n) is 8.97. The average Bonchev–Trinajstić information content (AvgIpc) is 3.17. The van der Waals surface area contributed by atoms with Crippen LogP contribution in [0.4, 0.5) is 5.69 Å². The normalized spacial score (nSPS) is 22.6. The molecule has 4 rings (SSSR count). The van der Waals surface area contributed by atoms with E-state index in [0.29, 0.717) is 5.75 Å². The summed E-state index contributed by atoms with van der Waals surface area (Å²) < 4.78 is 35.1. The van der Waals surface area contributed by atoms with E-state index in [1.807, 2.05) is 53.4 Å². The van der Waals surface area contributed by atoms with Gasteiger partial charge in [-0.05, 0) is 29.8 Å². The minimum absolute atomic E-state index is 0.107. The van der Waals surface area contributed by atoms with Crippen molar-refractivity contribution < 1.29 is 17.9 Å². The zero-order valence-corrected chi connectivity index (χ0v) is 17.4. The molecule has 2 aromatic carbocycles. The maximum atomic E-state index is 12.2. The van der Waals surface area contributed by atoms with E-state index in [4.69, 9.17) is 14.5 Å². The fourth-order valence-electron chi connectivity index (χ4n) is 3.61. The van der Waals surface area contributed by atoms with Gasteiger partial charge in [0.15, 0.2) is 15.0 Å². The van der Waals surface area contributed by atoms with Crippen LogP contribution in [-0.4, -0.2) is 51.4 Å². The Morgan fingerprint density at radius 3 is 2.54 bits per heavy atom. The van der Waals surface area contributed by atoms with Crippen LogP contribution in [0.5, 0.6) is 11.5 Å². The lowest BCUT2D eigenvalue weighted by Crippen LogP contribution is -2.39. The standard InChI is InChI=1S/C20H22N2O4S2/c1-25-15-9-7-14(8-10-15)11-27-20-21-16-12-28(23,24)13-18(16)22(20)17-5-3-4-6-19(17)26-2/h3-10,16,18H,11-13H2,1-2H3/t16-,18-/m0/s1. The molecule has 1 fully saturated rings. The van der Waals surface area contributed by atoms with Gasteiger partial charge in [0.2, 0.25) is 0 Å². The van der Waals surface area contributed by atoms with Gasteiger partial charge in [0.1, 0.15) is 11.5 Å². The first kappa shape index (κ1) is 19.1. The number of benzene rings is 2. The molecule has 0 spiro atoms. The molecule has 1 saturated heterocycles. The summed E-state index contributed by atoms with van der Waals surface area (Å²) >= 11 is 1.61. The van der Waals surface area contributed by atoms with Crippen LogP contribution in [-0.2, 0) is 15.6 Å². The molecule has 2 heterocycles. The molecule has 8 heteroatoms. The van der Waals surface area contributed by atoms with Crippen molar-refractivity contribution in [1.29, 1.82) is 0 Å². The van der Waals surface area contributed by atoms with E-state index < -0.39 is 9.84 Å². The Kier molecular flexibility index (Phi) is 5.25. The number of thioether (sulfide) groups is 1. The highest BCUT2D eigenvalue weighted by Crippen LogP contribution is 2.39. The SMILES string of the molecule is COc1ccc(CSC2=N[C@H]3CS(=O)(=O)C[C@@H]3N2c2ccccc2OC)cc1. The molecular formula is C20H22N2O4S2. The largest absolute Gasteiger partial charge is 0.497 e. The van der Waals surface area contributed by atoms with Crippen molar-refractivity contribution in [2.24, 2.45) is 4.99 Å².